The molecule has 4 aromatic rings. The normalized spacial score (nSPS) is 21.7. The van der Waals surface area contributed by atoms with E-state index in [1.807, 2.05) is 36.0 Å². The molecule has 7 nitrogen and oxygen atoms in total. The number of benzene rings is 1. The van der Waals surface area contributed by atoms with Crippen LogP contribution in [0, 0.1) is 12.7 Å². The van der Waals surface area contributed by atoms with Crippen LogP contribution in [0.5, 0.6) is 0 Å². The van der Waals surface area contributed by atoms with E-state index in [0.29, 0.717) is 17.4 Å². The van der Waals surface area contributed by atoms with Gasteiger partial charge in [0.1, 0.15) is 11.3 Å². The second-order valence-electron chi connectivity index (χ2n) is 9.94. The predicted molar refractivity (Wildman–Crippen MR) is 129 cm³/mol. The first kappa shape index (κ1) is 22.0. The van der Waals surface area contributed by atoms with Gasteiger partial charge in [0.15, 0.2) is 11.6 Å². The lowest BCUT2D eigenvalue weighted by atomic mass is 9.79. The number of hydrogen-bond acceptors (Lipinski definition) is 5. The first-order valence-corrected chi connectivity index (χ1v) is 11.7. The van der Waals surface area contributed by atoms with E-state index in [1.54, 1.807) is 6.07 Å². The van der Waals surface area contributed by atoms with Crippen LogP contribution in [-0.4, -0.2) is 49.2 Å². The fourth-order valence-electron chi connectivity index (χ4n) is 5.31. The fraction of sp³-hybridized carbons (Fsp3) is 0.480. The van der Waals surface area contributed by atoms with Crippen LogP contribution >= 0.6 is 0 Å². The predicted octanol–water partition coefficient (Wildman–Crippen LogP) is 4.43. The van der Waals surface area contributed by atoms with Gasteiger partial charge in [-0.05, 0) is 84.3 Å². The van der Waals surface area contributed by atoms with Gasteiger partial charge in [-0.1, -0.05) is 0 Å². The van der Waals surface area contributed by atoms with Crippen molar-refractivity contribution >= 4 is 16.6 Å². The highest BCUT2D eigenvalue weighted by Gasteiger charge is 2.36. The molecular weight excluding hydrogens is 417 g/mol. The molecule has 8 heteroatoms. The lowest BCUT2D eigenvalue weighted by Gasteiger charge is -2.38. The zero-order valence-electron chi connectivity index (χ0n) is 20.0. The van der Waals surface area contributed by atoms with E-state index in [-0.39, 0.29) is 11.9 Å². The molecule has 0 saturated heterocycles. The van der Waals surface area contributed by atoms with Crippen molar-refractivity contribution in [1.82, 2.24) is 29.0 Å². The van der Waals surface area contributed by atoms with Gasteiger partial charge in [0, 0.05) is 23.8 Å². The fourth-order valence-corrected chi connectivity index (χ4v) is 5.31. The number of rotatable bonds is 4. The number of nitrogens with two attached hydrogens (primary N) is 1. The first-order valence-electron chi connectivity index (χ1n) is 11.7. The molecule has 0 amide bonds. The Bertz CT molecular complexity index is 1330. The van der Waals surface area contributed by atoms with Crippen molar-refractivity contribution in [2.24, 2.45) is 5.73 Å². The number of halogens is 1. The third kappa shape index (κ3) is 3.61. The number of aryl methyl sites for hydroxylation is 1. The summed E-state index contributed by atoms with van der Waals surface area (Å²) in [7, 11) is 4.24. The van der Waals surface area contributed by atoms with Crippen LogP contribution in [0.25, 0.3) is 27.7 Å². The van der Waals surface area contributed by atoms with Crippen molar-refractivity contribution in [1.29, 1.82) is 0 Å². The van der Waals surface area contributed by atoms with Gasteiger partial charge in [-0.25, -0.2) is 18.9 Å². The van der Waals surface area contributed by atoms with Crippen molar-refractivity contribution < 1.29 is 4.39 Å². The molecule has 5 rings (SSSR count). The Hall–Kier alpha value is -2.84. The summed E-state index contributed by atoms with van der Waals surface area (Å²) in [6.07, 6.45) is 7.50. The standard InChI is InChI=1S/C25H32FN7/c1-15(2)33-16(3)29-23-20(26)12-17(13-21(23)33)19-8-11-32-22(19)14-28-24(30-32)25(27)9-6-18(7-10-25)31(4)5/h8,11-15,18H,6-7,9-10,27H2,1-5H3. The molecule has 2 N–H and O–H groups in total. The van der Waals surface area contributed by atoms with E-state index in [0.717, 1.165) is 53.7 Å². The van der Waals surface area contributed by atoms with E-state index in [2.05, 4.69) is 47.4 Å². The molecule has 0 unspecified atom stereocenters. The largest absolute Gasteiger partial charge is 0.326 e. The Kier molecular flexibility index (Phi) is 5.25. The number of hydrogen-bond donors (Lipinski definition) is 1. The molecule has 33 heavy (non-hydrogen) atoms. The minimum absolute atomic E-state index is 0.185. The lowest BCUT2D eigenvalue weighted by molar-refractivity contribution is 0.167. The summed E-state index contributed by atoms with van der Waals surface area (Å²) < 4.78 is 18.9. The van der Waals surface area contributed by atoms with E-state index in [4.69, 9.17) is 10.8 Å². The molecule has 1 fully saturated rings. The van der Waals surface area contributed by atoms with Crippen molar-refractivity contribution in [2.75, 3.05) is 14.1 Å². The van der Waals surface area contributed by atoms with Crippen LogP contribution in [0.1, 0.15) is 57.2 Å². The number of imidazole rings is 1. The second-order valence-corrected chi connectivity index (χ2v) is 9.94. The van der Waals surface area contributed by atoms with Crippen LogP contribution in [0.15, 0.2) is 30.6 Å². The Labute approximate surface area is 193 Å². The maximum absolute atomic E-state index is 15.0. The topological polar surface area (TPSA) is 77.3 Å². The van der Waals surface area contributed by atoms with Gasteiger partial charge in [-0.2, -0.15) is 5.10 Å². The van der Waals surface area contributed by atoms with E-state index in [9.17, 15) is 0 Å². The van der Waals surface area contributed by atoms with E-state index < -0.39 is 5.54 Å². The van der Waals surface area contributed by atoms with Gasteiger partial charge in [0.2, 0.25) is 0 Å². The Morgan fingerprint density at radius 2 is 1.91 bits per heavy atom. The molecule has 0 radical (unpaired) electrons. The van der Waals surface area contributed by atoms with Gasteiger partial charge in [0.05, 0.1) is 22.8 Å². The van der Waals surface area contributed by atoms with Gasteiger partial charge in [-0.15, -0.1) is 0 Å². The third-order valence-electron chi connectivity index (χ3n) is 7.19. The second kappa shape index (κ2) is 7.88. The van der Waals surface area contributed by atoms with Gasteiger partial charge >= 0.3 is 0 Å². The minimum Gasteiger partial charge on any atom is -0.326 e. The van der Waals surface area contributed by atoms with Gasteiger partial charge in [0.25, 0.3) is 0 Å². The lowest BCUT2D eigenvalue weighted by Crippen LogP contribution is -2.46. The highest BCUT2D eigenvalue weighted by atomic mass is 19.1. The third-order valence-corrected chi connectivity index (χ3v) is 7.19. The monoisotopic (exact) mass is 449 g/mol. The molecule has 0 bridgehead atoms. The molecule has 1 aliphatic carbocycles. The molecule has 1 aliphatic rings. The number of fused-ring (bicyclic) bond motifs is 2. The van der Waals surface area contributed by atoms with Crippen LogP contribution in [0.4, 0.5) is 4.39 Å². The summed E-state index contributed by atoms with van der Waals surface area (Å²) in [5.41, 5.74) is 9.96. The number of aromatic nitrogens is 5. The minimum atomic E-state index is -0.516. The van der Waals surface area contributed by atoms with Crippen molar-refractivity contribution in [2.45, 2.75) is 64.1 Å². The molecule has 1 saturated carbocycles. The summed E-state index contributed by atoms with van der Waals surface area (Å²) >= 11 is 0. The molecule has 3 heterocycles. The Morgan fingerprint density at radius 1 is 1.18 bits per heavy atom. The smallest absolute Gasteiger partial charge is 0.169 e. The van der Waals surface area contributed by atoms with Crippen LogP contribution < -0.4 is 5.73 Å². The maximum Gasteiger partial charge on any atom is 0.169 e. The van der Waals surface area contributed by atoms with Crippen molar-refractivity contribution in [3.8, 4) is 11.1 Å². The molecule has 0 spiro atoms. The van der Waals surface area contributed by atoms with E-state index in [1.165, 1.54) is 0 Å². The van der Waals surface area contributed by atoms with Gasteiger partial charge in [-0.3, -0.25) is 0 Å². The number of nitrogens with zero attached hydrogens (tertiary/aromatic N) is 6. The molecule has 0 atom stereocenters. The Balaban J connectivity index is 1.54. The average Bonchev–Trinajstić information content (AvgIpc) is 3.34. The van der Waals surface area contributed by atoms with E-state index >= 15 is 4.39 Å². The quantitative estimate of drug-likeness (QED) is 0.499. The van der Waals surface area contributed by atoms with Crippen LogP contribution in [0.2, 0.25) is 0 Å². The molecule has 1 aromatic carbocycles. The summed E-state index contributed by atoms with van der Waals surface area (Å²) in [4.78, 5) is 11.4. The molecule has 3 aromatic heterocycles. The average molecular weight is 450 g/mol. The summed E-state index contributed by atoms with van der Waals surface area (Å²) in [5, 5.41) is 4.78. The highest BCUT2D eigenvalue weighted by Crippen LogP contribution is 2.36. The summed E-state index contributed by atoms with van der Waals surface area (Å²) in [5.74, 6) is 1.16. The molecule has 0 aliphatic heterocycles. The maximum atomic E-state index is 15.0. The first-order chi connectivity index (χ1) is 15.7. The Morgan fingerprint density at radius 3 is 2.58 bits per heavy atom. The molecular formula is C25H32FN7. The summed E-state index contributed by atoms with van der Waals surface area (Å²) in [6, 6.07) is 6.26. The van der Waals surface area contributed by atoms with Crippen molar-refractivity contribution in [3.05, 3.63) is 48.1 Å². The molecule has 174 valence electrons. The van der Waals surface area contributed by atoms with Gasteiger partial charge < -0.3 is 15.2 Å². The van der Waals surface area contributed by atoms with Crippen molar-refractivity contribution in [3.63, 3.8) is 0 Å². The SMILES string of the molecule is Cc1nc2c(F)cc(-c3ccn4nc(C5(N)CCC(N(C)C)CC5)ncc34)cc2n1C(C)C. The highest BCUT2D eigenvalue weighted by molar-refractivity contribution is 5.88. The van der Waals surface area contributed by atoms with Crippen LogP contribution in [0.3, 0.4) is 0 Å². The van der Waals surface area contributed by atoms with Crippen LogP contribution in [-0.2, 0) is 5.54 Å². The zero-order valence-corrected chi connectivity index (χ0v) is 20.0. The zero-order chi connectivity index (χ0) is 23.5. The summed E-state index contributed by atoms with van der Waals surface area (Å²) in [6.45, 7) is 6.07.